The molecule has 0 aromatic heterocycles. The number of carbonyl (C=O) groups is 2. The maximum atomic E-state index is 13.0. The summed E-state index contributed by atoms with van der Waals surface area (Å²) < 4.78 is 0. The number of rotatable bonds is 5. The molecule has 1 saturated heterocycles. The van der Waals surface area contributed by atoms with Crippen molar-refractivity contribution in [2.45, 2.75) is 33.1 Å². The molecule has 2 amide bonds. The van der Waals surface area contributed by atoms with E-state index in [-0.39, 0.29) is 17.6 Å². The van der Waals surface area contributed by atoms with Crippen LogP contribution in [-0.4, -0.2) is 16.9 Å². The number of hydrazine groups is 1. The summed E-state index contributed by atoms with van der Waals surface area (Å²) in [5.74, 6) is -1.09. The zero-order chi connectivity index (χ0) is 18.0. The van der Waals surface area contributed by atoms with Crippen molar-refractivity contribution in [2.24, 2.45) is 5.92 Å². The first-order chi connectivity index (χ1) is 12.0. The minimum atomic E-state index is -0.677. The third-order valence-electron chi connectivity index (χ3n) is 4.41. The van der Waals surface area contributed by atoms with Gasteiger partial charge in [-0.2, -0.15) is 0 Å². The second-order valence-electron chi connectivity index (χ2n) is 6.35. The number of aromatic hydroxyl groups is 1. The van der Waals surface area contributed by atoms with E-state index in [1.165, 1.54) is 22.2 Å². The molecule has 130 valence electrons. The Morgan fingerprint density at radius 3 is 2.20 bits per heavy atom. The molecule has 1 heterocycles. The van der Waals surface area contributed by atoms with E-state index in [1.54, 1.807) is 12.1 Å². The summed E-state index contributed by atoms with van der Waals surface area (Å²) in [7, 11) is 0. The number of carbonyl (C=O) groups excluding carboxylic acids is 2. The van der Waals surface area contributed by atoms with Gasteiger partial charge in [-0.1, -0.05) is 43.5 Å². The summed E-state index contributed by atoms with van der Waals surface area (Å²) in [6.07, 6.45) is 2.28. The quantitative estimate of drug-likeness (QED) is 0.844. The molecule has 5 heteroatoms. The first kappa shape index (κ1) is 17.0. The predicted octanol–water partition coefficient (Wildman–Crippen LogP) is 3.80. The fourth-order valence-electron chi connectivity index (χ4n) is 3.05. The molecule has 2 aromatic rings. The van der Waals surface area contributed by atoms with Gasteiger partial charge in [-0.05, 0) is 37.6 Å². The SMILES string of the molecule is CCCCC1C(=O)N(c2ccc(C)cc2)N(c2cccc(O)c2)C1=O. The minimum Gasteiger partial charge on any atom is -0.508 e. The number of phenolic OH excluding ortho intramolecular Hbond substituents is 1. The highest BCUT2D eigenvalue weighted by molar-refractivity contribution is 6.23. The van der Waals surface area contributed by atoms with Crippen molar-refractivity contribution >= 4 is 23.2 Å². The molecule has 0 aliphatic carbocycles. The van der Waals surface area contributed by atoms with E-state index >= 15 is 0 Å². The van der Waals surface area contributed by atoms with Crippen LogP contribution in [0.5, 0.6) is 5.75 Å². The maximum Gasteiger partial charge on any atom is 0.258 e. The lowest BCUT2D eigenvalue weighted by molar-refractivity contribution is -0.127. The van der Waals surface area contributed by atoms with Gasteiger partial charge in [0.2, 0.25) is 0 Å². The molecule has 1 aliphatic rings. The molecular formula is C20H22N2O3. The van der Waals surface area contributed by atoms with Crippen molar-refractivity contribution in [2.75, 3.05) is 10.0 Å². The van der Waals surface area contributed by atoms with E-state index in [0.29, 0.717) is 17.8 Å². The summed E-state index contributed by atoms with van der Waals surface area (Å²) in [4.78, 5) is 25.9. The third-order valence-corrected chi connectivity index (χ3v) is 4.41. The molecule has 1 unspecified atom stereocenters. The lowest BCUT2D eigenvalue weighted by Gasteiger charge is -2.27. The van der Waals surface area contributed by atoms with Crippen molar-refractivity contribution in [3.05, 3.63) is 54.1 Å². The van der Waals surface area contributed by atoms with Crippen molar-refractivity contribution in [3.8, 4) is 5.75 Å². The van der Waals surface area contributed by atoms with Gasteiger partial charge in [0.05, 0.1) is 11.4 Å². The Morgan fingerprint density at radius 2 is 1.60 bits per heavy atom. The van der Waals surface area contributed by atoms with Gasteiger partial charge in [0, 0.05) is 6.07 Å². The molecule has 1 aliphatic heterocycles. The fourth-order valence-corrected chi connectivity index (χ4v) is 3.05. The molecule has 1 fully saturated rings. The van der Waals surface area contributed by atoms with Crippen molar-refractivity contribution in [1.82, 2.24) is 0 Å². The maximum absolute atomic E-state index is 13.0. The van der Waals surface area contributed by atoms with Crippen LogP contribution in [0.1, 0.15) is 31.7 Å². The molecule has 3 rings (SSSR count). The predicted molar refractivity (Wildman–Crippen MR) is 97.3 cm³/mol. The number of amides is 2. The summed E-state index contributed by atoms with van der Waals surface area (Å²) >= 11 is 0. The second-order valence-corrected chi connectivity index (χ2v) is 6.35. The molecule has 0 spiro atoms. The zero-order valence-electron chi connectivity index (χ0n) is 14.5. The van der Waals surface area contributed by atoms with Gasteiger partial charge in [0.25, 0.3) is 11.8 Å². The number of aryl methyl sites for hydroxylation is 1. The first-order valence-corrected chi connectivity index (χ1v) is 8.56. The third kappa shape index (κ3) is 3.22. The Hall–Kier alpha value is -2.82. The van der Waals surface area contributed by atoms with Gasteiger partial charge < -0.3 is 5.11 Å². The topological polar surface area (TPSA) is 60.9 Å². The smallest absolute Gasteiger partial charge is 0.258 e. The van der Waals surface area contributed by atoms with E-state index in [9.17, 15) is 14.7 Å². The number of benzene rings is 2. The van der Waals surface area contributed by atoms with E-state index in [2.05, 4.69) is 0 Å². The van der Waals surface area contributed by atoms with Crippen molar-refractivity contribution in [1.29, 1.82) is 0 Å². The molecule has 25 heavy (non-hydrogen) atoms. The largest absolute Gasteiger partial charge is 0.508 e. The number of unbranched alkanes of at least 4 members (excludes halogenated alkanes) is 1. The summed E-state index contributed by atoms with van der Waals surface area (Å²) in [6, 6.07) is 13.9. The number of hydrogen-bond acceptors (Lipinski definition) is 3. The van der Waals surface area contributed by atoms with Crippen molar-refractivity contribution < 1.29 is 14.7 Å². The number of hydrogen-bond donors (Lipinski definition) is 1. The zero-order valence-corrected chi connectivity index (χ0v) is 14.5. The van der Waals surface area contributed by atoms with Crippen LogP contribution in [0.2, 0.25) is 0 Å². The normalized spacial score (nSPS) is 17.4. The highest BCUT2D eigenvalue weighted by atomic mass is 16.3. The van der Waals surface area contributed by atoms with E-state index in [4.69, 9.17) is 0 Å². The Kier molecular flexibility index (Phi) is 4.74. The molecule has 1 N–H and O–H groups in total. The highest BCUT2D eigenvalue weighted by Gasteiger charge is 2.46. The Morgan fingerprint density at radius 1 is 0.960 bits per heavy atom. The summed E-state index contributed by atoms with van der Waals surface area (Å²) in [5, 5.41) is 12.6. The van der Waals surface area contributed by atoms with Gasteiger partial charge in [-0.3, -0.25) is 9.59 Å². The van der Waals surface area contributed by atoms with Crippen LogP contribution in [0, 0.1) is 12.8 Å². The average Bonchev–Trinajstić information content (AvgIpc) is 2.84. The number of phenols is 1. The molecule has 0 bridgehead atoms. The summed E-state index contributed by atoms with van der Waals surface area (Å²) in [5.41, 5.74) is 2.21. The lowest BCUT2D eigenvalue weighted by atomic mass is 10.0. The Balaban J connectivity index is 2.05. The molecule has 0 radical (unpaired) electrons. The lowest BCUT2D eigenvalue weighted by Crippen LogP contribution is -2.41. The molecule has 5 nitrogen and oxygen atoms in total. The van der Waals surface area contributed by atoms with E-state index < -0.39 is 5.92 Å². The monoisotopic (exact) mass is 338 g/mol. The number of nitrogens with zero attached hydrogens (tertiary/aromatic N) is 2. The Bertz CT molecular complexity index is 786. The van der Waals surface area contributed by atoms with Crippen LogP contribution < -0.4 is 10.0 Å². The second kappa shape index (κ2) is 6.97. The van der Waals surface area contributed by atoms with Crippen LogP contribution in [0.4, 0.5) is 11.4 Å². The molecule has 1 atom stereocenters. The van der Waals surface area contributed by atoms with Gasteiger partial charge >= 0.3 is 0 Å². The van der Waals surface area contributed by atoms with Crippen LogP contribution in [0.25, 0.3) is 0 Å². The Labute approximate surface area is 147 Å². The van der Waals surface area contributed by atoms with Crippen LogP contribution in [-0.2, 0) is 9.59 Å². The summed E-state index contributed by atoms with van der Waals surface area (Å²) in [6.45, 7) is 4.01. The van der Waals surface area contributed by atoms with Gasteiger partial charge in [-0.25, -0.2) is 10.0 Å². The number of anilines is 2. The van der Waals surface area contributed by atoms with Crippen LogP contribution in [0.3, 0.4) is 0 Å². The molecule has 2 aromatic carbocycles. The highest BCUT2D eigenvalue weighted by Crippen LogP contribution is 2.34. The van der Waals surface area contributed by atoms with E-state index in [0.717, 1.165) is 18.4 Å². The molecule has 0 saturated carbocycles. The van der Waals surface area contributed by atoms with Gasteiger partial charge in [0.1, 0.15) is 11.7 Å². The standard InChI is InChI=1S/C20H22N2O3/c1-3-4-8-18-19(24)21(15-11-9-14(2)10-12-15)22(20(18)25)16-6-5-7-17(23)13-16/h5-7,9-13,18,23H,3-4,8H2,1-2H3. The minimum absolute atomic E-state index is 0.0543. The van der Waals surface area contributed by atoms with E-state index in [1.807, 2.05) is 38.1 Å². The van der Waals surface area contributed by atoms with Crippen LogP contribution >= 0.6 is 0 Å². The average molecular weight is 338 g/mol. The van der Waals surface area contributed by atoms with Crippen LogP contribution in [0.15, 0.2) is 48.5 Å². The van der Waals surface area contributed by atoms with Crippen molar-refractivity contribution in [3.63, 3.8) is 0 Å². The van der Waals surface area contributed by atoms with Gasteiger partial charge in [-0.15, -0.1) is 0 Å². The van der Waals surface area contributed by atoms with Gasteiger partial charge in [0.15, 0.2) is 0 Å². The first-order valence-electron chi connectivity index (χ1n) is 8.56. The molecular weight excluding hydrogens is 316 g/mol. The fraction of sp³-hybridized carbons (Fsp3) is 0.300.